The van der Waals surface area contributed by atoms with E-state index in [0.29, 0.717) is 12.0 Å². The van der Waals surface area contributed by atoms with Crippen LogP contribution < -0.4 is 10.1 Å². The van der Waals surface area contributed by atoms with E-state index in [0.717, 1.165) is 37.5 Å². The van der Waals surface area contributed by atoms with Crippen molar-refractivity contribution in [1.82, 2.24) is 10.3 Å². The second-order valence-corrected chi connectivity index (χ2v) is 4.32. The molecule has 4 heteroatoms. The molecule has 1 saturated heterocycles. The lowest BCUT2D eigenvalue weighted by Gasteiger charge is -2.30. The van der Waals surface area contributed by atoms with E-state index in [1.54, 1.807) is 13.3 Å². The van der Waals surface area contributed by atoms with Gasteiger partial charge in [0, 0.05) is 31.0 Å². The van der Waals surface area contributed by atoms with Crippen molar-refractivity contribution in [2.24, 2.45) is 5.92 Å². The molecule has 1 aromatic rings. The van der Waals surface area contributed by atoms with Gasteiger partial charge in [0.2, 0.25) is 5.88 Å². The first-order valence-electron chi connectivity index (χ1n) is 6.10. The minimum Gasteiger partial charge on any atom is -0.481 e. The lowest BCUT2D eigenvalue weighted by Crippen LogP contribution is -2.30. The smallest absolute Gasteiger partial charge is 0.217 e. The quantitative estimate of drug-likeness (QED) is 0.865. The third-order valence-corrected chi connectivity index (χ3v) is 3.38. The average molecular weight is 236 g/mol. The maximum atomic E-state index is 5.41. The van der Waals surface area contributed by atoms with Crippen molar-refractivity contribution in [2.75, 3.05) is 27.4 Å². The van der Waals surface area contributed by atoms with Gasteiger partial charge in [-0.1, -0.05) is 6.07 Å². The Bertz CT molecular complexity index is 351. The highest BCUT2D eigenvalue weighted by Gasteiger charge is 2.26. The van der Waals surface area contributed by atoms with Gasteiger partial charge in [-0.05, 0) is 31.9 Å². The molecule has 0 spiro atoms. The fourth-order valence-electron chi connectivity index (χ4n) is 2.50. The zero-order chi connectivity index (χ0) is 12.1. The van der Waals surface area contributed by atoms with Crippen molar-refractivity contribution in [3.63, 3.8) is 0 Å². The zero-order valence-electron chi connectivity index (χ0n) is 10.5. The van der Waals surface area contributed by atoms with E-state index in [4.69, 9.17) is 9.47 Å². The van der Waals surface area contributed by atoms with Crippen molar-refractivity contribution in [3.8, 4) is 5.88 Å². The molecule has 0 aliphatic carbocycles. The van der Waals surface area contributed by atoms with Crippen LogP contribution in [0.15, 0.2) is 18.3 Å². The fraction of sp³-hybridized carbons (Fsp3) is 0.615. The summed E-state index contributed by atoms with van der Waals surface area (Å²) >= 11 is 0. The van der Waals surface area contributed by atoms with Gasteiger partial charge in [0.05, 0.1) is 7.11 Å². The van der Waals surface area contributed by atoms with Gasteiger partial charge < -0.3 is 14.8 Å². The number of hydrogen-bond acceptors (Lipinski definition) is 4. The van der Waals surface area contributed by atoms with Crippen molar-refractivity contribution >= 4 is 0 Å². The van der Waals surface area contributed by atoms with Crippen LogP contribution in [-0.4, -0.2) is 32.4 Å². The highest BCUT2D eigenvalue weighted by atomic mass is 16.5. The standard InChI is InChI=1S/C13H20N2O2/c1-14-12(10-5-8-17-9-6-10)11-4-3-7-15-13(11)16-2/h3-4,7,10,12,14H,5-6,8-9H2,1-2H3. The molecule has 1 aliphatic rings. The van der Waals surface area contributed by atoms with Crippen LogP contribution in [0.1, 0.15) is 24.4 Å². The van der Waals surface area contributed by atoms with E-state index >= 15 is 0 Å². The Morgan fingerprint density at radius 3 is 2.88 bits per heavy atom. The van der Waals surface area contributed by atoms with E-state index in [2.05, 4.69) is 16.4 Å². The van der Waals surface area contributed by atoms with Gasteiger partial charge in [0.1, 0.15) is 0 Å². The Labute approximate surface area is 102 Å². The van der Waals surface area contributed by atoms with Crippen LogP contribution in [0.2, 0.25) is 0 Å². The average Bonchev–Trinajstić information content (AvgIpc) is 2.41. The molecule has 1 aliphatic heterocycles. The second kappa shape index (κ2) is 5.98. The van der Waals surface area contributed by atoms with Gasteiger partial charge in [-0.3, -0.25) is 0 Å². The third kappa shape index (κ3) is 2.76. The van der Waals surface area contributed by atoms with Crippen molar-refractivity contribution in [3.05, 3.63) is 23.9 Å². The van der Waals surface area contributed by atoms with Gasteiger partial charge >= 0.3 is 0 Å². The van der Waals surface area contributed by atoms with Crippen LogP contribution in [0.5, 0.6) is 5.88 Å². The SMILES string of the molecule is CNC(c1cccnc1OC)C1CCOCC1. The summed E-state index contributed by atoms with van der Waals surface area (Å²) in [5, 5.41) is 3.39. The number of methoxy groups -OCH3 is 1. The molecule has 4 nitrogen and oxygen atoms in total. The summed E-state index contributed by atoms with van der Waals surface area (Å²) in [7, 11) is 3.66. The normalized spacial score (nSPS) is 18.9. The minimum absolute atomic E-state index is 0.294. The van der Waals surface area contributed by atoms with E-state index in [1.165, 1.54) is 0 Å². The predicted molar refractivity (Wildman–Crippen MR) is 66.1 cm³/mol. The molecular weight excluding hydrogens is 216 g/mol. The van der Waals surface area contributed by atoms with Gasteiger partial charge in [0.15, 0.2) is 0 Å². The van der Waals surface area contributed by atoms with Crippen molar-refractivity contribution in [2.45, 2.75) is 18.9 Å². The highest BCUT2D eigenvalue weighted by molar-refractivity contribution is 5.29. The van der Waals surface area contributed by atoms with Gasteiger partial charge in [-0.2, -0.15) is 0 Å². The Morgan fingerprint density at radius 1 is 1.47 bits per heavy atom. The van der Waals surface area contributed by atoms with Crippen LogP contribution in [0, 0.1) is 5.92 Å². The van der Waals surface area contributed by atoms with Crippen LogP contribution in [0.25, 0.3) is 0 Å². The molecule has 1 unspecified atom stereocenters. The number of rotatable bonds is 4. The maximum Gasteiger partial charge on any atom is 0.217 e. The second-order valence-electron chi connectivity index (χ2n) is 4.32. The number of nitrogens with zero attached hydrogens (tertiary/aromatic N) is 1. The first-order valence-corrected chi connectivity index (χ1v) is 6.10. The van der Waals surface area contributed by atoms with Crippen molar-refractivity contribution < 1.29 is 9.47 Å². The van der Waals surface area contributed by atoms with E-state index in [1.807, 2.05) is 13.1 Å². The molecule has 2 heterocycles. The van der Waals surface area contributed by atoms with Crippen LogP contribution >= 0.6 is 0 Å². The molecule has 0 amide bonds. The molecule has 1 N–H and O–H groups in total. The molecule has 0 radical (unpaired) electrons. The minimum atomic E-state index is 0.294. The fourth-order valence-corrected chi connectivity index (χ4v) is 2.50. The van der Waals surface area contributed by atoms with Gasteiger partial charge in [0.25, 0.3) is 0 Å². The molecule has 1 fully saturated rings. The summed E-state index contributed by atoms with van der Waals surface area (Å²) in [6.07, 6.45) is 3.94. The summed E-state index contributed by atoms with van der Waals surface area (Å²) in [5.41, 5.74) is 1.14. The number of aromatic nitrogens is 1. The molecular formula is C13H20N2O2. The molecule has 17 heavy (non-hydrogen) atoms. The molecule has 2 rings (SSSR count). The molecule has 0 bridgehead atoms. The van der Waals surface area contributed by atoms with E-state index in [-0.39, 0.29) is 0 Å². The number of hydrogen-bond donors (Lipinski definition) is 1. The first kappa shape index (κ1) is 12.3. The summed E-state index contributed by atoms with van der Waals surface area (Å²) < 4.78 is 10.7. The maximum absolute atomic E-state index is 5.41. The van der Waals surface area contributed by atoms with Crippen molar-refractivity contribution in [1.29, 1.82) is 0 Å². The Hall–Kier alpha value is -1.13. The zero-order valence-corrected chi connectivity index (χ0v) is 10.5. The summed E-state index contributed by atoms with van der Waals surface area (Å²) in [6, 6.07) is 4.34. The number of ether oxygens (including phenoxy) is 2. The Kier molecular flexibility index (Phi) is 4.34. The topological polar surface area (TPSA) is 43.4 Å². The number of nitrogens with one attached hydrogen (secondary N) is 1. The predicted octanol–water partition coefficient (Wildman–Crippen LogP) is 1.78. The number of pyridine rings is 1. The van der Waals surface area contributed by atoms with E-state index < -0.39 is 0 Å². The Balaban J connectivity index is 2.21. The summed E-state index contributed by atoms with van der Waals surface area (Å²) in [4.78, 5) is 4.27. The van der Waals surface area contributed by atoms with Crippen LogP contribution in [-0.2, 0) is 4.74 Å². The van der Waals surface area contributed by atoms with Crippen LogP contribution in [0.3, 0.4) is 0 Å². The third-order valence-electron chi connectivity index (χ3n) is 3.38. The first-order chi connectivity index (χ1) is 8.36. The lowest BCUT2D eigenvalue weighted by molar-refractivity contribution is 0.0542. The monoisotopic (exact) mass is 236 g/mol. The summed E-state index contributed by atoms with van der Waals surface area (Å²) in [6.45, 7) is 1.71. The molecule has 1 aromatic heterocycles. The molecule has 1 atom stereocenters. The largest absolute Gasteiger partial charge is 0.481 e. The summed E-state index contributed by atoms with van der Waals surface area (Å²) in [5.74, 6) is 1.31. The highest BCUT2D eigenvalue weighted by Crippen LogP contribution is 2.33. The lowest BCUT2D eigenvalue weighted by atomic mass is 9.87. The molecule has 94 valence electrons. The van der Waals surface area contributed by atoms with Crippen LogP contribution in [0.4, 0.5) is 0 Å². The Morgan fingerprint density at radius 2 is 2.24 bits per heavy atom. The van der Waals surface area contributed by atoms with E-state index in [9.17, 15) is 0 Å². The van der Waals surface area contributed by atoms with Gasteiger partial charge in [-0.25, -0.2) is 4.98 Å². The molecule has 0 saturated carbocycles. The van der Waals surface area contributed by atoms with Gasteiger partial charge in [-0.15, -0.1) is 0 Å². The molecule has 0 aromatic carbocycles.